The van der Waals surface area contributed by atoms with Gasteiger partial charge < -0.3 is 5.32 Å². The molecule has 4 nitrogen and oxygen atoms in total. The fraction of sp³-hybridized carbons (Fsp3) is 0.600. The molecule has 1 N–H and O–H groups in total. The number of rotatable bonds is 3. The maximum Gasteiger partial charge on any atom is 0.221 e. The third kappa shape index (κ3) is 4.64. The summed E-state index contributed by atoms with van der Waals surface area (Å²) in [6.07, 6.45) is 4.18. The molecular formula is C10H19N3O. The molecule has 0 saturated heterocycles. The van der Waals surface area contributed by atoms with Gasteiger partial charge in [0, 0.05) is 26.2 Å². The molecule has 0 aliphatic carbocycles. The Hall–Kier alpha value is -1.32. The van der Waals surface area contributed by atoms with Gasteiger partial charge in [-0.2, -0.15) is 5.10 Å². The van der Waals surface area contributed by atoms with Gasteiger partial charge in [-0.1, -0.05) is 13.8 Å². The van der Waals surface area contributed by atoms with Gasteiger partial charge in [0.1, 0.15) is 0 Å². The highest BCUT2D eigenvalue weighted by atomic mass is 16.1. The van der Waals surface area contributed by atoms with E-state index in [-0.39, 0.29) is 5.91 Å². The van der Waals surface area contributed by atoms with Crippen molar-refractivity contribution in [1.82, 2.24) is 15.1 Å². The molecule has 0 fully saturated rings. The molecule has 1 amide bonds. The second-order valence-electron chi connectivity index (χ2n) is 2.70. The number of aromatic nitrogens is 2. The normalized spacial score (nSPS) is 8.86. The van der Waals surface area contributed by atoms with Gasteiger partial charge >= 0.3 is 0 Å². The van der Waals surface area contributed by atoms with E-state index in [9.17, 15) is 4.79 Å². The molecule has 0 radical (unpaired) electrons. The van der Waals surface area contributed by atoms with Crippen molar-refractivity contribution in [2.75, 3.05) is 7.05 Å². The van der Waals surface area contributed by atoms with Crippen molar-refractivity contribution in [1.29, 1.82) is 0 Å². The predicted molar refractivity (Wildman–Crippen MR) is 57.0 cm³/mol. The first kappa shape index (κ1) is 12.7. The van der Waals surface area contributed by atoms with Crippen molar-refractivity contribution >= 4 is 5.91 Å². The third-order valence-electron chi connectivity index (χ3n) is 1.61. The first-order valence-corrected chi connectivity index (χ1v) is 4.92. The lowest BCUT2D eigenvalue weighted by molar-refractivity contribution is -0.120. The second kappa shape index (κ2) is 7.12. The van der Waals surface area contributed by atoms with Crippen LogP contribution >= 0.6 is 0 Å². The molecule has 0 saturated carbocycles. The minimum absolute atomic E-state index is 0.0446. The maximum atomic E-state index is 10.8. The van der Waals surface area contributed by atoms with Gasteiger partial charge in [0.05, 0.1) is 6.20 Å². The summed E-state index contributed by atoms with van der Waals surface area (Å²) in [6, 6.07) is 0. The zero-order valence-electron chi connectivity index (χ0n) is 9.37. The molecule has 0 atom stereocenters. The van der Waals surface area contributed by atoms with Gasteiger partial charge in [0.25, 0.3) is 0 Å². The molecule has 1 aromatic heterocycles. The van der Waals surface area contributed by atoms with Crippen LogP contribution in [0.1, 0.15) is 25.8 Å². The smallest absolute Gasteiger partial charge is 0.221 e. The fourth-order valence-corrected chi connectivity index (χ4v) is 0.930. The van der Waals surface area contributed by atoms with Crippen LogP contribution in [0.25, 0.3) is 0 Å². The van der Waals surface area contributed by atoms with Crippen LogP contribution in [0.5, 0.6) is 0 Å². The van der Waals surface area contributed by atoms with Crippen LogP contribution in [0.4, 0.5) is 0 Å². The maximum absolute atomic E-state index is 10.8. The lowest BCUT2D eigenvalue weighted by Crippen LogP contribution is -2.19. The lowest BCUT2D eigenvalue weighted by atomic mass is 10.4. The van der Waals surface area contributed by atoms with Crippen LogP contribution in [0, 0.1) is 6.92 Å². The van der Waals surface area contributed by atoms with Gasteiger partial charge in [-0.3, -0.25) is 9.48 Å². The number of hydrogen-bond donors (Lipinski definition) is 1. The van der Waals surface area contributed by atoms with E-state index in [1.165, 1.54) is 0 Å². The summed E-state index contributed by atoms with van der Waals surface area (Å²) >= 11 is 0. The first-order valence-electron chi connectivity index (χ1n) is 4.92. The van der Waals surface area contributed by atoms with Crippen LogP contribution in [-0.4, -0.2) is 22.7 Å². The monoisotopic (exact) mass is 197 g/mol. The molecule has 0 aromatic carbocycles. The molecule has 0 aliphatic heterocycles. The fourth-order valence-electron chi connectivity index (χ4n) is 0.930. The minimum atomic E-state index is 0.0446. The molecule has 1 heterocycles. The van der Waals surface area contributed by atoms with Gasteiger partial charge in [-0.05, 0) is 12.5 Å². The Labute approximate surface area is 85.3 Å². The first-order chi connectivity index (χ1) is 6.72. The Kier molecular flexibility index (Phi) is 6.45. The Bertz CT molecular complexity index is 268. The van der Waals surface area contributed by atoms with Crippen molar-refractivity contribution in [3.8, 4) is 0 Å². The highest BCUT2D eigenvalue weighted by Gasteiger charge is 1.98. The van der Waals surface area contributed by atoms with E-state index < -0.39 is 0 Å². The molecule has 0 bridgehead atoms. The molecule has 1 aromatic rings. The van der Waals surface area contributed by atoms with Crippen LogP contribution in [0.2, 0.25) is 0 Å². The van der Waals surface area contributed by atoms with E-state index >= 15 is 0 Å². The second-order valence-corrected chi connectivity index (χ2v) is 2.70. The number of nitrogens with one attached hydrogen (secondary N) is 1. The van der Waals surface area contributed by atoms with E-state index in [1.807, 2.05) is 27.0 Å². The van der Waals surface area contributed by atoms with Crippen molar-refractivity contribution in [2.45, 2.75) is 33.7 Å². The highest BCUT2D eigenvalue weighted by Crippen LogP contribution is 1.95. The zero-order valence-corrected chi connectivity index (χ0v) is 9.37. The summed E-state index contributed by atoms with van der Waals surface area (Å²) in [7, 11) is 1.64. The van der Waals surface area contributed by atoms with Crippen LogP contribution in [-0.2, 0) is 11.3 Å². The quantitative estimate of drug-likeness (QED) is 0.795. The molecule has 4 heteroatoms. The molecule has 0 aliphatic rings. The largest absolute Gasteiger partial charge is 0.359 e. The average molecular weight is 197 g/mol. The van der Waals surface area contributed by atoms with Gasteiger partial charge in [0.2, 0.25) is 5.91 Å². The van der Waals surface area contributed by atoms with Crippen molar-refractivity contribution < 1.29 is 4.79 Å². The van der Waals surface area contributed by atoms with E-state index in [0.29, 0.717) is 13.0 Å². The number of hydrogen-bond acceptors (Lipinski definition) is 2. The van der Waals surface area contributed by atoms with E-state index in [0.717, 1.165) is 5.56 Å². The van der Waals surface area contributed by atoms with Crippen molar-refractivity contribution in [3.63, 3.8) is 0 Å². The number of amides is 1. The standard InChI is InChI=1S/C8H13N3O.C2H6/c1-7-5-10-11(6-7)4-3-8(12)9-2;1-2/h5-6H,3-4H2,1-2H3,(H,9,12);1-2H3. The molecule has 0 unspecified atom stereocenters. The van der Waals surface area contributed by atoms with Crippen LogP contribution < -0.4 is 5.32 Å². The van der Waals surface area contributed by atoms with Crippen molar-refractivity contribution in [2.24, 2.45) is 0 Å². The van der Waals surface area contributed by atoms with Crippen LogP contribution in [0.3, 0.4) is 0 Å². The SMILES string of the molecule is CC.CNC(=O)CCn1cc(C)cn1. The van der Waals surface area contributed by atoms with E-state index in [4.69, 9.17) is 0 Å². The zero-order chi connectivity index (χ0) is 11.0. The molecular weight excluding hydrogens is 178 g/mol. The Morgan fingerprint density at radius 1 is 1.57 bits per heavy atom. The Morgan fingerprint density at radius 3 is 2.64 bits per heavy atom. The van der Waals surface area contributed by atoms with E-state index in [2.05, 4.69) is 10.4 Å². The molecule has 0 spiro atoms. The summed E-state index contributed by atoms with van der Waals surface area (Å²) in [5.74, 6) is 0.0446. The summed E-state index contributed by atoms with van der Waals surface area (Å²) in [4.78, 5) is 10.8. The molecule has 14 heavy (non-hydrogen) atoms. The van der Waals surface area contributed by atoms with Crippen molar-refractivity contribution in [3.05, 3.63) is 18.0 Å². The van der Waals surface area contributed by atoms with Crippen LogP contribution in [0.15, 0.2) is 12.4 Å². The number of aryl methyl sites for hydroxylation is 2. The third-order valence-corrected chi connectivity index (χ3v) is 1.61. The summed E-state index contributed by atoms with van der Waals surface area (Å²) in [5.41, 5.74) is 1.12. The average Bonchev–Trinajstić information content (AvgIpc) is 2.64. The van der Waals surface area contributed by atoms with Gasteiger partial charge in [-0.15, -0.1) is 0 Å². The number of nitrogens with zero attached hydrogens (tertiary/aromatic N) is 2. The summed E-state index contributed by atoms with van der Waals surface area (Å²) in [5, 5.41) is 6.62. The summed E-state index contributed by atoms with van der Waals surface area (Å²) < 4.78 is 1.77. The lowest BCUT2D eigenvalue weighted by Gasteiger charge is -1.99. The molecule has 1 rings (SSSR count). The van der Waals surface area contributed by atoms with Gasteiger partial charge in [0.15, 0.2) is 0 Å². The molecule has 80 valence electrons. The minimum Gasteiger partial charge on any atom is -0.359 e. The highest BCUT2D eigenvalue weighted by molar-refractivity contribution is 5.75. The Morgan fingerprint density at radius 2 is 2.21 bits per heavy atom. The predicted octanol–water partition coefficient (Wildman–Crippen LogP) is 1.35. The summed E-state index contributed by atoms with van der Waals surface area (Å²) in [6.45, 7) is 6.62. The van der Waals surface area contributed by atoms with Gasteiger partial charge in [-0.25, -0.2) is 0 Å². The number of carbonyl (C=O) groups is 1. The number of carbonyl (C=O) groups excluding carboxylic acids is 1. The Balaban J connectivity index is 0.000000791. The topological polar surface area (TPSA) is 46.9 Å². The van der Waals surface area contributed by atoms with E-state index in [1.54, 1.807) is 17.9 Å².